The summed E-state index contributed by atoms with van der Waals surface area (Å²) >= 11 is 0. The molecule has 1 unspecified atom stereocenters. The van der Waals surface area contributed by atoms with Crippen molar-refractivity contribution in [2.75, 3.05) is 0 Å². The molecule has 0 aromatic rings. The van der Waals surface area contributed by atoms with Gasteiger partial charge >= 0.3 is 0 Å². The number of nitrogens with zero attached hydrogens (tertiary/aromatic N) is 3. The second kappa shape index (κ2) is 1.65. The van der Waals surface area contributed by atoms with Gasteiger partial charge in [-0.05, 0) is 0 Å². The van der Waals surface area contributed by atoms with Crippen LogP contribution in [0.15, 0.2) is 10.1 Å². The van der Waals surface area contributed by atoms with Gasteiger partial charge in [-0.15, -0.1) is 0 Å². The van der Waals surface area contributed by atoms with E-state index >= 15 is 0 Å². The van der Waals surface area contributed by atoms with Crippen LogP contribution < -0.4 is 10.9 Å². The van der Waals surface area contributed by atoms with Crippen molar-refractivity contribution in [3.05, 3.63) is 5.53 Å². The summed E-state index contributed by atoms with van der Waals surface area (Å²) in [5.41, 5.74) is 13.0. The molecule has 0 amide bonds. The first-order chi connectivity index (χ1) is 3.43. The van der Waals surface area contributed by atoms with Crippen LogP contribution in [0.1, 0.15) is 0 Å². The second-order valence-electron chi connectivity index (χ2n) is 1.06. The molecule has 0 aliphatic carbocycles. The van der Waals surface area contributed by atoms with Gasteiger partial charge in [0.1, 0.15) is 6.34 Å². The van der Waals surface area contributed by atoms with Gasteiger partial charge in [0, 0.05) is 0 Å². The van der Waals surface area contributed by atoms with Gasteiger partial charge in [0.25, 0.3) is 0 Å². The van der Waals surface area contributed by atoms with Gasteiger partial charge in [0.05, 0.1) is 0 Å². The van der Waals surface area contributed by atoms with E-state index in [1.54, 1.807) is 0 Å². The fourth-order valence-corrected chi connectivity index (χ4v) is 0.316. The molecule has 0 aromatic heterocycles. The highest BCUT2D eigenvalue weighted by Gasteiger charge is 1.98. The van der Waals surface area contributed by atoms with Crippen LogP contribution in [0, 0.1) is 0 Å². The van der Waals surface area contributed by atoms with Crippen molar-refractivity contribution in [2.45, 2.75) is 6.29 Å². The fraction of sp³-hybridized carbons (Fsp3) is 0.500. The quantitative estimate of drug-likeness (QED) is 0.431. The van der Waals surface area contributed by atoms with Crippen molar-refractivity contribution in [3.63, 3.8) is 0 Å². The van der Waals surface area contributed by atoms with Crippen molar-refractivity contribution < 1.29 is 0 Å². The molecule has 0 radical (unpaired) electrons. The van der Waals surface area contributed by atoms with Crippen LogP contribution in [-0.2, 0) is 0 Å². The Balaban J connectivity index is 2.42. The molecule has 38 valence electrons. The molecule has 5 nitrogen and oxygen atoms in total. The Morgan fingerprint density at radius 3 is 3.00 bits per heavy atom. The minimum absolute atomic E-state index is 0.514. The summed E-state index contributed by atoms with van der Waals surface area (Å²) in [5, 5.41) is 2.82. The monoisotopic (exact) mass is 98.0 g/mol. The van der Waals surface area contributed by atoms with E-state index in [1.165, 1.54) is 6.34 Å². The molecular weight excluding hydrogens is 94.1 g/mol. The van der Waals surface area contributed by atoms with Crippen molar-refractivity contribution >= 4 is 6.34 Å². The summed E-state index contributed by atoms with van der Waals surface area (Å²) in [6, 6.07) is 0. The summed E-state index contributed by atoms with van der Waals surface area (Å²) in [6.45, 7) is 0. The minimum atomic E-state index is -0.514. The molecule has 1 aliphatic rings. The molecule has 0 fully saturated rings. The van der Waals surface area contributed by atoms with Crippen molar-refractivity contribution in [2.24, 2.45) is 10.1 Å². The first-order valence-corrected chi connectivity index (χ1v) is 1.80. The fourth-order valence-electron chi connectivity index (χ4n) is 0.316. The topological polar surface area (TPSA) is 71.1 Å². The predicted octanol–water partition coefficient (Wildman–Crippen LogP) is -0.572. The summed E-state index contributed by atoms with van der Waals surface area (Å²) in [6.07, 6.45) is 0.907. The van der Waals surface area contributed by atoms with Gasteiger partial charge in [-0.2, -0.15) is 5.43 Å². The van der Waals surface area contributed by atoms with Gasteiger partial charge in [-0.1, -0.05) is 0 Å². The van der Waals surface area contributed by atoms with Crippen molar-refractivity contribution in [1.29, 1.82) is 0 Å². The summed E-state index contributed by atoms with van der Waals surface area (Å²) in [7, 11) is 0. The Labute approximate surface area is 40.3 Å². The molecule has 0 bridgehead atoms. The van der Waals surface area contributed by atoms with Crippen LogP contribution in [0.4, 0.5) is 0 Å². The minimum Gasteiger partial charge on any atom is -0.709 e. The number of rotatable bonds is 1. The zero-order valence-corrected chi connectivity index (χ0v) is 3.50. The zero-order valence-electron chi connectivity index (χ0n) is 3.50. The first kappa shape index (κ1) is 4.20. The van der Waals surface area contributed by atoms with E-state index in [-0.39, 0.29) is 0 Å². The maximum atomic E-state index is 7.97. The molecule has 0 spiro atoms. The Morgan fingerprint density at radius 2 is 2.71 bits per heavy atom. The highest BCUT2D eigenvalue weighted by atomic mass is 15.5. The molecule has 0 saturated heterocycles. The Kier molecular flexibility index (Phi) is 0.991. The van der Waals surface area contributed by atoms with E-state index in [2.05, 4.69) is 21.0 Å². The van der Waals surface area contributed by atoms with Gasteiger partial charge in [0.15, 0.2) is 6.29 Å². The maximum absolute atomic E-state index is 7.97. The van der Waals surface area contributed by atoms with Crippen LogP contribution in [0.5, 0.6) is 0 Å². The van der Waals surface area contributed by atoms with Crippen LogP contribution in [0.25, 0.3) is 5.53 Å². The van der Waals surface area contributed by atoms with E-state index in [0.29, 0.717) is 0 Å². The average molecular weight is 98.1 g/mol. The molecule has 0 saturated carbocycles. The summed E-state index contributed by atoms with van der Waals surface area (Å²) in [5.74, 6) is 0. The van der Waals surface area contributed by atoms with E-state index < -0.39 is 6.29 Å². The van der Waals surface area contributed by atoms with E-state index in [1.807, 2.05) is 0 Å². The molecule has 1 rings (SSSR count). The van der Waals surface area contributed by atoms with Crippen LogP contribution in [0.2, 0.25) is 0 Å². The number of hydrogen-bond donors (Lipinski definition) is 2. The molecule has 7 heavy (non-hydrogen) atoms. The molecule has 1 heterocycles. The lowest BCUT2D eigenvalue weighted by atomic mass is 10.9. The van der Waals surface area contributed by atoms with Gasteiger partial charge in [-0.25, -0.2) is 4.99 Å². The standard InChI is InChI=1S/C2H4N5/c3-6-2-4-1-5-7-2/h1-2,7H,(H,4,5)/q-1. The number of nitrogens with one attached hydrogen (secondary N) is 2. The lowest BCUT2D eigenvalue weighted by Crippen LogP contribution is -2.29. The van der Waals surface area contributed by atoms with Gasteiger partial charge in [-0.3, -0.25) is 0 Å². The maximum Gasteiger partial charge on any atom is 0.192 e. The predicted molar refractivity (Wildman–Crippen MR) is 24.3 cm³/mol. The van der Waals surface area contributed by atoms with Gasteiger partial charge in [0.2, 0.25) is 0 Å². The normalized spacial score (nSPS) is 27.1. The average Bonchev–Trinajstić information content (AvgIpc) is 2.14. The molecule has 1 aliphatic heterocycles. The third-order valence-electron chi connectivity index (χ3n) is 0.602. The van der Waals surface area contributed by atoms with Crippen LogP contribution >= 0.6 is 0 Å². The number of hydrazine groups is 1. The van der Waals surface area contributed by atoms with Gasteiger partial charge < -0.3 is 16.1 Å². The number of aliphatic imine (C=N–C) groups is 1. The van der Waals surface area contributed by atoms with E-state index in [4.69, 9.17) is 5.53 Å². The third kappa shape index (κ3) is 0.716. The van der Waals surface area contributed by atoms with Crippen LogP contribution in [-0.4, -0.2) is 12.6 Å². The molecule has 5 heteroatoms. The highest BCUT2D eigenvalue weighted by molar-refractivity contribution is 5.55. The second-order valence-corrected chi connectivity index (χ2v) is 1.06. The zero-order chi connectivity index (χ0) is 5.11. The largest absolute Gasteiger partial charge is 0.709 e. The Morgan fingerprint density at radius 1 is 1.86 bits per heavy atom. The lowest BCUT2D eigenvalue weighted by molar-refractivity contribution is 0.566. The van der Waals surface area contributed by atoms with Crippen molar-refractivity contribution in [1.82, 2.24) is 10.9 Å². The molecular formula is C2H4N5-. The Hall–Kier alpha value is -0.970. The molecule has 1 atom stereocenters. The SMILES string of the molecule is [N-]=NC1N=CNN1. The van der Waals surface area contributed by atoms with E-state index in [9.17, 15) is 0 Å². The van der Waals surface area contributed by atoms with E-state index in [0.717, 1.165) is 0 Å². The van der Waals surface area contributed by atoms with Crippen molar-refractivity contribution in [3.8, 4) is 0 Å². The third-order valence-corrected chi connectivity index (χ3v) is 0.602. The molecule has 0 aromatic carbocycles. The first-order valence-electron chi connectivity index (χ1n) is 1.80. The van der Waals surface area contributed by atoms with Crippen LogP contribution in [0.3, 0.4) is 0 Å². The highest BCUT2D eigenvalue weighted by Crippen LogP contribution is 1.86. The summed E-state index contributed by atoms with van der Waals surface area (Å²) in [4.78, 5) is 3.59. The Bertz CT molecular complexity index is 96.3. The molecule has 2 N–H and O–H groups in total. The lowest BCUT2D eigenvalue weighted by Gasteiger charge is -2.01. The summed E-state index contributed by atoms with van der Waals surface area (Å²) < 4.78 is 0. The number of hydrogen-bond acceptors (Lipinski definition) is 4. The smallest absolute Gasteiger partial charge is 0.192 e.